The summed E-state index contributed by atoms with van der Waals surface area (Å²) in [6.45, 7) is 0. The Morgan fingerprint density at radius 2 is 2.05 bits per heavy atom. The Hall–Kier alpha value is -2.82. The molecule has 3 N–H and O–H groups in total. The van der Waals surface area contributed by atoms with Gasteiger partial charge >= 0.3 is 0 Å². The van der Waals surface area contributed by atoms with Gasteiger partial charge in [-0.05, 0) is 23.3 Å². The molecule has 1 aliphatic rings. The van der Waals surface area contributed by atoms with Crippen LogP contribution < -0.4 is 5.73 Å². The van der Waals surface area contributed by atoms with Crippen molar-refractivity contribution in [3.8, 4) is 5.88 Å². The molecule has 5 heteroatoms. The van der Waals surface area contributed by atoms with E-state index in [1.807, 2.05) is 24.3 Å². The van der Waals surface area contributed by atoms with Gasteiger partial charge in [0.2, 0.25) is 11.8 Å². The molecule has 5 nitrogen and oxygen atoms in total. The number of rotatable bonds is 1. The number of ketones is 1. The van der Waals surface area contributed by atoms with Gasteiger partial charge in [-0.25, -0.2) is 0 Å². The first-order valence-electron chi connectivity index (χ1n) is 6.12. The molecule has 1 aliphatic carbocycles. The van der Waals surface area contributed by atoms with Gasteiger partial charge in [0.15, 0.2) is 5.78 Å². The van der Waals surface area contributed by atoms with Crippen LogP contribution in [0.15, 0.2) is 30.3 Å². The number of fused-ring (bicyclic) bond motifs is 1. The third-order valence-corrected chi connectivity index (χ3v) is 3.37. The van der Waals surface area contributed by atoms with E-state index in [4.69, 9.17) is 5.73 Å². The third kappa shape index (κ3) is 1.80. The van der Waals surface area contributed by atoms with Crippen molar-refractivity contribution in [2.75, 3.05) is 5.73 Å². The lowest BCUT2D eigenvalue weighted by Crippen LogP contribution is -2.05. The van der Waals surface area contributed by atoms with Gasteiger partial charge in [-0.1, -0.05) is 30.3 Å². The third-order valence-electron chi connectivity index (χ3n) is 3.37. The second-order valence-electron chi connectivity index (χ2n) is 4.58. The number of nitrogen functional groups attached to an aromatic ring is 1. The van der Waals surface area contributed by atoms with Gasteiger partial charge in [-0.2, -0.15) is 4.98 Å². The van der Waals surface area contributed by atoms with Gasteiger partial charge in [-0.3, -0.25) is 4.79 Å². The minimum atomic E-state index is -0.183. The number of aromatic nitrogens is 2. The number of imidazole rings is 1. The van der Waals surface area contributed by atoms with Crippen molar-refractivity contribution in [2.24, 2.45) is 7.05 Å². The number of allylic oxidation sites excluding steroid dienone is 2. The summed E-state index contributed by atoms with van der Waals surface area (Å²) in [5.41, 5.74) is 8.37. The number of benzene rings is 1. The highest BCUT2D eigenvalue weighted by atomic mass is 16.3. The number of nitrogens with two attached hydrogens (primary N) is 1. The van der Waals surface area contributed by atoms with Crippen LogP contribution in [0, 0.1) is 0 Å². The first-order valence-corrected chi connectivity index (χ1v) is 6.12. The molecule has 1 aromatic carbocycles. The summed E-state index contributed by atoms with van der Waals surface area (Å²) in [4.78, 5) is 15.9. The molecular weight excluding hydrogens is 254 g/mol. The highest BCUT2D eigenvalue weighted by Gasteiger charge is 2.19. The molecule has 0 saturated heterocycles. The van der Waals surface area contributed by atoms with Crippen molar-refractivity contribution in [3.63, 3.8) is 0 Å². The Labute approximate surface area is 115 Å². The molecule has 0 radical (unpaired) electrons. The molecule has 2 aromatic rings. The van der Waals surface area contributed by atoms with Crippen LogP contribution in [0.4, 0.5) is 5.95 Å². The summed E-state index contributed by atoms with van der Waals surface area (Å²) in [7, 11) is 1.68. The fourth-order valence-corrected chi connectivity index (χ4v) is 2.24. The standard InChI is InChI=1S/C15H13N3O2/c1-18-12(14(20)17-15(18)16)8-11-10-5-3-2-4-9(10)6-7-13(11)19/h2-8,20H,1H3,(H2,16,17). The van der Waals surface area contributed by atoms with E-state index in [9.17, 15) is 9.90 Å². The van der Waals surface area contributed by atoms with Gasteiger partial charge in [0.25, 0.3) is 0 Å². The van der Waals surface area contributed by atoms with Crippen molar-refractivity contribution in [1.29, 1.82) is 0 Å². The van der Waals surface area contributed by atoms with E-state index in [-0.39, 0.29) is 17.6 Å². The van der Waals surface area contributed by atoms with E-state index < -0.39 is 0 Å². The number of anilines is 1. The zero-order valence-electron chi connectivity index (χ0n) is 10.9. The lowest BCUT2D eigenvalue weighted by molar-refractivity contribution is -0.109. The Bertz CT molecular complexity index is 769. The topological polar surface area (TPSA) is 81.1 Å². The Morgan fingerprint density at radius 3 is 2.75 bits per heavy atom. The van der Waals surface area contributed by atoms with Crippen molar-refractivity contribution >= 4 is 29.5 Å². The van der Waals surface area contributed by atoms with Gasteiger partial charge in [0.05, 0.1) is 0 Å². The van der Waals surface area contributed by atoms with E-state index >= 15 is 0 Å². The zero-order chi connectivity index (χ0) is 14.3. The van der Waals surface area contributed by atoms with E-state index in [0.29, 0.717) is 11.3 Å². The second-order valence-corrected chi connectivity index (χ2v) is 4.58. The molecule has 0 spiro atoms. The quantitative estimate of drug-likeness (QED) is 0.772. The van der Waals surface area contributed by atoms with Gasteiger partial charge in [-0.15, -0.1) is 0 Å². The smallest absolute Gasteiger partial charge is 0.238 e. The summed E-state index contributed by atoms with van der Waals surface area (Å²) >= 11 is 0. The maximum atomic E-state index is 12.1. The summed E-state index contributed by atoms with van der Waals surface area (Å²) in [6.07, 6.45) is 4.92. The minimum Gasteiger partial charge on any atom is -0.492 e. The molecule has 0 saturated carbocycles. The minimum absolute atomic E-state index is 0.108. The van der Waals surface area contributed by atoms with Gasteiger partial charge in [0, 0.05) is 12.6 Å². The number of hydrogen-bond acceptors (Lipinski definition) is 4. The van der Waals surface area contributed by atoms with Crippen molar-refractivity contribution in [1.82, 2.24) is 9.55 Å². The molecule has 0 unspecified atom stereocenters. The van der Waals surface area contributed by atoms with Crippen LogP contribution in [-0.4, -0.2) is 20.4 Å². The predicted molar refractivity (Wildman–Crippen MR) is 77.6 cm³/mol. The fraction of sp³-hybridized carbons (Fsp3) is 0.0667. The highest BCUT2D eigenvalue weighted by Crippen LogP contribution is 2.30. The van der Waals surface area contributed by atoms with Crippen LogP contribution in [0.3, 0.4) is 0 Å². The van der Waals surface area contributed by atoms with Gasteiger partial charge < -0.3 is 15.4 Å². The predicted octanol–water partition coefficient (Wildman–Crippen LogP) is 1.84. The second kappa shape index (κ2) is 4.38. The summed E-state index contributed by atoms with van der Waals surface area (Å²) in [5, 5.41) is 9.79. The fourth-order valence-electron chi connectivity index (χ4n) is 2.24. The number of carbonyl (C=O) groups is 1. The summed E-state index contributed by atoms with van der Waals surface area (Å²) < 4.78 is 1.54. The highest BCUT2D eigenvalue weighted by molar-refractivity contribution is 6.33. The molecule has 0 fully saturated rings. The summed E-state index contributed by atoms with van der Waals surface area (Å²) in [5.74, 6) is -0.0957. The molecule has 100 valence electrons. The average molecular weight is 267 g/mol. The molecule has 3 rings (SSSR count). The molecule has 0 aliphatic heterocycles. The summed E-state index contributed by atoms with van der Waals surface area (Å²) in [6, 6.07) is 7.59. The largest absolute Gasteiger partial charge is 0.492 e. The van der Waals surface area contributed by atoms with Gasteiger partial charge in [0.1, 0.15) is 5.69 Å². The SMILES string of the molecule is Cn1c(N)nc(O)c1C=C1C(=O)C=Cc2ccccc21. The van der Waals surface area contributed by atoms with Crippen LogP contribution in [-0.2, 0) is 11.8 Å². The lowest BCUT2D eigenvalue weighted by atomic mass is 9.91. The normalized spacial score (nSPS) is 15.7. The zero-order valence-corrected chi connectivity index (χ0v) is 10.9. The first-order chi connectivity index (χ1) is 9.58. The Kier molecular flexibility index (Phi) is 2.68. The van der Waals surface area contributed by atoms with E-state index in [1.54, 1.807) is 19.2 Å². The monoisotopic (exact) mass is 267 g/mol. The maximum absolute atomic E-state index is 12.1. The molecule has 0 amide bonds. The van der Waals surface area contributed by atoms with Crippen LogP contribution in [0.25, 0.3) is 17.7 Å². The number of nitrogens with zero attached hydrogens (tertiary/aromatic N) is 2. The first kappa shape index (κ1) is 12.2. The van der Waals surface area contributed by atoms with Crippen molar-refractivity contribution < 1.29 is 9.90 Å². The van der Waals surface area contributed by atoms with Crippen LogP contribution in [0.5, 0.6) is 5.88 Å². The molecule has 1 heterocycles. The molecule has 0 bridgehead atoms. The van der Waals surface area contributed by atoms with E-state index in [2.05, 4.69) is 4.98 Å². The molecular formula is C15H13N3O2. The van der Waals surface area contributed by atoms with Crippen molar-refractivity contribution in [2.45, 2.75) is 0 Å². The average Bonchev–Trinajstić information content (AvgIpc) is 2.68. The lowest BCUT2D eigenvalue weighted by Gasteiger charge is -2.13. The Morgan fingerprint density at radius 1 is 1.30 bits per heavy atom. The van der Waals surface area contributed by atoms with Crippen molar-refractivity contribution in [3.05, 3.63) is 47.2 Å². The Balaban J connectivity index is 2.20. The molecule has 0 atom stereocenters. The van der Waals surface area contributed by atoms with Crippen LogP contribution >= 0.6 is 0 Å². The van der Waals surface area contributed by atoms with Crippen LogP contribution in [0.1, 0.15) is 16.8 Å². The van der Waals surface area contributed by atoms with E-state index in [1.165, 1.54) is 10.6 Å². The number of hydrogen-bond donors (Lipinski definition) is 2. The molecule has 1 aromatic heterocycles. The molecule has 20 heavy (non-hydrogen) atoms. The van der Waals surface area contributed by atoms with E-state index in [0.717, 1.165) is 11.1 Å². The number of carbonyl (C=O) groups excluding carboxylic acids is 1. The van der Waals surface area contributed by atoms with Crippen LogP contribution in [0.2, 0.25) is 0 Å². The maximum Gasteiger partial charge on any atom is 0.238 e. The number of aromatic hydroxyl groups is 1.